The molecule has 4 N–H and O–H groups in total. The normalized spacial score (nSPS) is 12.5. The maximum Gasteiger partial charge on any atom is 0.408 e. The van der Waals surface area contributed by atoms with Crippen molar-refractivity contribution in [1.82, 2.24) is 15.5 Å². The molecule has 1 aromatic carbocycles. The third-order valence-electron chi connectivity index (χ3n) is 5.99. The summed E-state index contributed by atoms with van der Waals surface area (Å²) < 4.78 is 5.37. The number of hydrogen-bond acceptors (Lipinski definition) is 5. The molecule has 1 rings (SSSR count). The molecule has 0 aliphatic rings. The summed E-state index contributed by atoms with van der Waals surface area (Å²) in [7, 11) is 0. The number of nitrogens with zero attached hydrogens (tertiary/aromatic N) is 1. The molecule has 2 atom stereocenters. The summed E-state index contributed by atoms with van der Waals surface area (Å²) in [6.45, 7) is 10.00. The minimum Gasteiger partial charge on any atom is -0.444 e. The van der Waals surface area contributed by atoms with Crippen LogP contribution >= 0.6 is 0 Å². The average Bonchev–Trinajstić information content (AvgIpc) is 2.87. The highest BCUT2D eigenvalue weighted by atomic mass is 16.6. The van der Waals surface area contributed by atoms with Crippen molar-refractivity contribution in [3.63, 3.8) is 0 Å². The zero-order valence-electron chi connectivity index (χ0n) is 24.2. The number of carbonyl (C=O) groups excluding carboxylic acids is 4. The van der Waals surface area contributed by atoms with Crippen LogP contribution < -0.4 is 16.4 Å². The lowest BCUT2D eigenvalue weighted by atomic mass is 9.99. The number of benzene rings is 1. The van der Waals surface area contributed by atoms with E-state index in [2.05, 4.69) is 23.5 Å². The molecule has 2 unspecified atom stereocenters. The minimum atomic E-state index is -1.12. The topological polar surface area (TPSA) is 131 Å². The van der Waals surface area contributed by atoms with Gasteiger partial charge in [0.25, 0.3) is 0 Å². The molecule has 0 saturated carbocycles. The van der Waals surface area contributed by atoms with Crippen molar-refractivity contribution in [2.45, 2.75) is 104 Å². The van der Waals surface area contributed by atoms with E-state index >= 15 is 0 Å². The number of nitrogens with two attached hydrogens (primary N) is 1. The van der Waals surface area contributed by atoms with Crippen molar-refractivity contribution in [2.24, 2.45) is 5.73 Å². The highest BCUT2D eigenvalue weighted by molar-refractivity contribution is 5.92. The van der Waals surface area contributed by atoms with E-state index in [0.717, 1.165) is 32.1 Å². The molecule has 0 aliphatic carbocycles. The first-order chi connectivity index (χ1) is 18.4. The van der Waals surface area contributed by atoms with Crippen LogP contribution in [0.2, 0.25) is 0 Å². The smallest absolute Gasteiger partial charge is 0.408 e. The maximum absolute atomic E-state index is 14.1. The first-order valence-corrected chi connectivity index (χ1v) is 13.9. The zero-order chi connectivity index (χ0) is 29.4. The summed E-state index contributed by atoms with van der Waals surface area (Å²) in [6, 6.07) is 4.86. The van der Waals surface area contributed by atoms with Gasteiger partial charge in [0.1, 0.15) is 17.7 Å². The van der Waals surface area contributed by atoms with Crippen molar-refractivity contribution in [2.75, 3.05) is 13.1 Å². The van der Waals surface area contributed by atoms with Gasteiger partial charge in [0.15, 0.2) is 0 Å². The van der Waals surface area contributed by atoms with Crippen LogP contribution in [0.25, 0.3) is 0 Å². The first-order valence-electron chi connectivity index (χ1n) is 13.9. The highest BCUT2D eigenvalue weighted by Gasteiger charge is 2.36. The Morgan fingerprint density at radius 3 is 2.21 bits per heavy atom. The van der Waals surface area contributed by atoms with Crippen LogP contribution in [0.3, 0.4) is 0 Å². The van der Waals surface area contributed by atoms with Gasteiger partial charge in [0.05, 0.1) is 0 Å². The van der Waals surface area contributed by atoms with E-state index in [0.29, 0.717) is 24.1 Å². The Bertz CT molecular complexity index is 979. The van der Waals surface area contributed by atoms with Crippen LogP contribution in [0.1, 0.15) is 103 Å². The van der Waals surface area contributed by atoms with E-state index in [1.165, 1.54) is 4.90 Å². The maximum atomic E-state index is 14.1. The molecule has 1 aromatic rings. The average molecular weight is 543 g/mol. The fourth-order valence-corrected chi connectivity index (χ4v) is 3.99. The fourth-order valence-electron chi connectivity index (χ4n) is 3.99. The second kappa shape index (κ2) is 17.1. The van der Waals surface area contributed by atoms with Crippen molar-refractivity contribution in [3.8, 4) is 12.3 Å². The molecule has 0 heterocycles. The van der Waals surface area contributed by atoms with Crippen molar-refractivity contribution in [1.29, 1.82) is 0 Å². The predicted molar refractivity (Wildman–Crippen MR) is 152 cm³/mol. The Morgan fingerprint density at radius 2 is 1.67 bits per heavy atom. The molecule has 39 heavy (non-hydrogen) atoms. The second-order valence-corrected chi connectivity index (χ2v) is 10.6. The third-order valence-corrected chi connectivity index (χ3v) is 5.99. The number of amides is 4. The summed E-state index contributed by atoms with van der Waals surface area (Å²) in [5.41, 5.74) is 5.82. The van der Waals surface area contributed by atoms with Gasteiger partial charge in [0.2, 0.25) is 17.7 Å². The fraction of sp³-hybridized carbons (Fsp3) is 0.600. The van der Waals surface area contributed by atoms with Crippen LogP contribution in [0, 0.1) is 12.3 Å². The molecular formula is C30H46N4O5. The Labute approximate surface area is 233 Å². The van der Waals surface area contributed by atoms with E-state index in [4.69, 9.17) is 16.9 Å². The predicted octanol–water partition coefficient (Wildman–Crippen LogP) is 4.19. The van der Waals surface area contributed by atoms with E-state index < -0.39 is 35.6 Å². The molecule has 0 aliphatic heterocycles. The van der Waals surface area contributed by atoms with Crippen LogP contribution in [-0.4, -0.2) is 53.4 Å². The van der Waals surface area contributed by atoms with E-state index in [-0.39, 0.29) is 25.3 Å². The van der Waals surface area contributed by atoms with Gasteiger partial charge in [-0.15, -0.1) is 6.42 Å². The molecule has 9 nitrogen and oxygen atoms in total. The number of unbranched alkanes of at least 4 members (excludes halogenated alkanes) is 4. The van der Waals surface area contributed by atoms with Gasteiger partial charge >= 0.3 is 6.09 Å². The number of ether oxygens (including phenoxy) is 1. The van der Waals surface area contributed by atoms with Crippen LogP contribution in [0.15, 0.2) is 24.3 Å². The van der Waals surface area contributed by atoms with Gasteiger partial charge in [-0.05, 0) is 57.7 Å². The lowest BCUT2D eigenvalue weighted by Crippen LogP contribution is -2.53. The number of rotatable bonds is 16. The molecule has 0 bridgehead atoms. The molecule has 0 spiro atoms. The summed E-state index contributed by atoms with van der Waals surface area (Å²) >= 11 is 0. The summed E-state index contributed by atoms with van der Waals surface area (Å²) in [5, 5.41) is 5.56. The number of alkyl carbamates (subject to hydrolysis) is 1. The van der Waals surface area contributed by atoms with E-state index in [1.807, 2.05) is 6.92 Å². The van der Waals surface area contributed by atoms with Gasteiger partial charge in [-0.25, -0.2) is 4.79 Å². The molecule has 4 amide bonds. The molecular weight excluding hydrogens is 496 g/mol. The minimum absolute atomic E-state index is 0.0287. The molecule has 216 valence electrons. The van der Waals surface area contributed by atoms with Gasteiger partial charge in [-0.1, -0.05) is 57.6 Å². The summed E-state index contributed by atoms with van der Waals surface area (Å²) in [5.74, 6) is 1.14. The van der Waals surface area contributed by atoms with Gasteiger partial charge in [-0.2, -0.15) is 0 Å². The van der Waals surface area contributed by atoms with Crippen LogP contribution in [0.4, 0.5) is 4.79 Å². The summed E-state index contributed by atoms with van der Waals surface area (Å²) in [6.07, 6.45) is 9.78. The highest BCUT2D eigenvalue weighted by Crippen LogP contribution is 2.25. The van der Waals surface area contributed by atoms with Gasteiger partial charge in [-0.3, -0.25) is 14.4 Å². The Balaban J connectivity index is 3.49. The van der Waals surface area contributed by atoms with Crippen LogP contribution in [0.5, 0.6) is 0 Å². The van der Waals surface area contributed by atoms with Crippen LogP contribution in [-0.2, 0) is 19.1 Å². The molecule has 0 aromatic heterocycles. The first kappa shape index (κ1) is 33.5. The van der Waals surface area contributed by atoms with Crippen molar-refractivity contribution in [3.05, 3.63) is 35.4 Å². The number of terminal acetylenes is 1. The number of hydrogen-bond donors (Lipinski definition) is 3. The Hall–Kier alpha value is -3.54. The standard InChI is InChI=1S/C30H46N4O5/c1-7-10-12-13-21-34(28(37)24(18-19-25(31)35)33-29(38)39-30(4,5)6)26(27(36)32-20-11-8-2)23-16-14-22(9-3)15-17-23/h3,14-17,24,26H,7-8,10-13,18-21H2,1-2,4-6H3,(H2,31,35)(H,32,36)(H,33,38). The summed E-state index contributed by atoms with van der Waals surface area (Å²) in [4.78, 5) is 53.4. The quantitative estimate of drug-likeness (QED) is 0.213. The molecule has 0 fully saturated rings. The Kier molecular flexibility index (Phi) is 14.7. The van der Waals surface area contributed by atoms with Gasteiger partial charge < -0.3 is 26.0 Å². The van der Waals surface area contributed by atoms with E-state index in [9.17, 15) is 19.2 Å². The largest absolute Gasteiger partial charge is 0.444 e. The molecule has 0 saturated heterocycles. The third kappa shape index (κ3) is 12.7. The lowest BCUT2D eigenvalue weighted by Gasteiger charge is -2.34. The lowest BCUT2D eigenvalue weighted by molar-refractivity contribution is -0.142. The molecule has 9 heteroatoms. The monoisotopic (exact) mass is 542 g/mol. The number of primary amides is 1. The van der Waals surface area contributed by atoms with Crippen molar-refractivity contribution < 1.29 is 23.9 Å². The van der Waals surface area contributed by atoms with Crippen molar-refractivity contribution >= 4 is 23.8 Å². The van der Waals surface area contributed by atoms with E-state index in [1.54, 1.807) is 45.0 Å². The SMILES string of the molecule is C#Cc1ccc(C(C(=O)NCCCC)N(CCCCCC)C(=O)C(CCC(N)=O)NC(=O)OC(C)(C)C)cc1. The Morgan fingerprint density at radius 1 is 1.03 bits per heavy atom. The second-order valence-electron chi connectivity index (χ2n) is 10.6. The molecule has 0 radical (unpaired) electrons. The zero-order valence-corrected chi connectivity index (χ0v) is 24.2. The van der Waals surface area contributed by atoms with Gasteiger partial charge in [0, 0.05) is 25.1 Å². The number of nitrogens with one attached hydrogen (secondary N) is 2. The number of carbonyl (C=O) groups is 4.